The van der Waals surface area contributed by atoms with E-state index in [1.807, 2.05) is 0 Å². The Hall–Kier alpha value is -2.32. The van der Waals surface area contributed by atoms with Crippen molar-refractivity contribution in [1.82, 2.24) is 9.88 Å². The maximum absolute atomic E-state index is 12.8. The molecule has 2 rings (SSSR count). The molecule has 0 radical (unpaired) electrons. The maximum atomic E-state index is 12.8. The number of alkyl halides is 3. The van der Waals surface area contributed by atoms with E-state index in [1.54, 1.807) is 20.8 Å². The minimum absolute atomic E-state index is 0.107. The van der Waals surface area contributed by atoms with E-state index in [-0.39, 0.29) is 25.3 Å². The predicted molar refractivity (Wildman–Crippen MR) is 85.4 cm³/mol. The normalized spacial score (nSPS) is 20.9. The lowest BCUT2D eigenvalue weighted by atomic mass is 9.97. The van der Waals surface area contributed by atoms with Gasteiger partial charge >= 0.3 is 18.2 Å². The number of rotatable bonds is 3. The number of likely N-dealkylation sites (tertiary alicyclic amines) is 1. The van der Waals surface area contributed by atoms with Crippen molar-refractivity contribution < 1.29 is 32.6 Å². The van der Waals surface area contributed by atoms with Crippen LogP contribution in [0.1, 0.15) is 38.4 Å². The summed E-state index contributed by atoms with van der Waals surface area (Å²) in [6, 6.07) is 1.35. The van der Waals surface area contributed by atoms with Crippen LogP contribution in [0.2, 0.25) is 0 Å². The highest BCUT2D eigenvalue weighted by molar-refractivity contribution is 5.81. The van der Waals surface area contributed by atoms with E-state index in [4.69, 9.17) is 4.74 Å². The van der Waals surface area contributed by atoms with Gasteiger partial charge in [0.2, 0.25) is 0 Å². The minimum Gasteiger partial charge on any atom is -0.480 e. The SMILES string of the molecule is CC(C)(C)OC(=O)N1CC(Cc2ccnc(C(F)(F)F)c2)C[C@H]1C(=O)O. The van der Waals surface area contributed by atoms with Gasteiger partial charge in [-0.05, 0) is 57.2 Å². The zero-order chi connectivity index (χ0) is 19.7. The molecular weight excluding hydrogens is 353 g/mol. The number of carboxylic acids is 1. The highest BCUT2D eigenvalue weighted by Crippen LogP contribution is 2.31. The lowest BCUT2D eigenvalue weighted by Crippen LogP contribution is -2.43. The first-order valence-electron chi connectivity index (χ1n) is 8.11. The molecule has 1 fully saturated rings. The van der Waals surface area contributed by atoms with Gasteiger partial charge in [-0.3, -0.25) is 9.88 Å². The van der Waals surface area contributed by atoms with Gasteiger partial charge in [0.15, 0.2) is 0 Å². The standard InChI is InChI=1S/C17H21F3N2O4/c1-16(2,3)26-15(25)22-9-11(7-12(22)14(23)24)6-10-4-5-21-13(8-10)17(18,19)20/h4-5,8,11-12H,6-7,9H2,1-3H3,(H,23,24)/t11?,12-/m0/s1. The third kappa shape index (κ3) is 5.09. The molecule has 1 aromatic rings. The molecule has 26 heavy (non-hydrogen) atoms. The molecule has 2 atom stereocenters. The van der Waals surface area contributed by atoms with Crippen LogP contribution in [-0.2, 0) is 22.1 Å². The number of aliphatic carboxylic acids is 1. The van der Waals surface area contributed by atoms with Crippen molar-refractivity contribution >= 4 is 12.1 Å². The summed E-state index contributed by atoms with van der Waals surface area (Å²) in [6.07, 6.45) is -3.84. The Morgan fingerprint density at radius 2 is 2.00 bits per heavy atom. The lowest BCUT2D eigenvalue weighted by Gasteiger charge is -2.26. The highest BCUT2D eigenvalue weighted by Gasteiger charge is 2.41. The van der Waals surface area contributed by atoms with Gasteiger partial charge in [0.05, 0.1) is 0 Å². The Morgan fingerprint density at radius 3 is 2.54 bits per heavy atom. The average Bonchev–Trinajstić information content (AvgIpc) is 2.89. The first-order chi connectivity index (χ1) is 11.9. The van der Waals surface area contributed by atoms with Crippen molar-refractivity contribution in [2.75, 3.05) is 6.54 Å². The molecule has 0 aromatic carbocycles. The molecule has 0 saturated carbocycles. The molecule has 0 spiro atoms. The summed E-state index contributed by atoms with van der Waals surface area (Å²) in [7, 11) is 0. The number of hydrogen-bond acceptors (Lipinski definition) is 4. The van der Waals surface area contributed by atoms with Gasteiger partial charge in [-0.25, -0.2) is 9.59 Å². The Labute approximate surface area is 149 Å². The molecule has 1 N–H and O–H groups in total. The van der Waals surface area contributed by atoms with Crippen LogP contribution < -0.4 is 0 Å². The molecule has 6 nitrogen and oxygen atoms in total. The first-order valence-corrected chi connectivity index (χ1v) is 8.11. The molecule has 1 unspecified atom stereocenters. The summed E-state index contributed by atoms with van der Waals surface area (Å²) in [5.41, 5.74) is -1.37. The second kappa shape index (κ2) is 7.13. The van der Waals surface area contributed by atoms with Gasteiger partial charge in [-0.2, -0.15) is 13.2 Å². The number of ether oxygens (including phenoxy) is 1. The molecule has 1 saturated heterocycles. The highest BCUT2D eigenvalue weighted by atomic mass is 19.4. The number of nitrogens with zero attached hydrogens (tertiary/aromatic N) is 2. The molecule has 1 aliphatic rings. The maximum Gasteiger partial charge on any atom is 0.433 e. The Bertz CT molecular complexity index is 685. The van der Waals surface area contributed by atoms with Crippen molar-refractivity contribution in [3.63, 3.8) is 0 Å². The second-order valence-corrected chi connectivity index (χ2v) is 7.34. The third-order valence-corrected chi connectivity index (χ3v) is 3.94. The van der Waals surface area contributed by atoms with Crippen LogP contribution in [0.4, 0.5) is 18.0 Å². The number of amides is 1. The molecule has 1 aliphatic heterocycles. The first kappa shape index (κ1) is 20.0. The molecular formula is C17H21F3N2O4. The Morgan fingerprint density at radius 1 is 1.35 bits per heavy atom. The third-order valence-electron chi connectivity index (χ3n) is 3.94. The molecule has 1 amide bonds. The van der Waals surface area contributed by atoms with Crippen molar-refractivity contribution in [2.24, 2.45) is 5.92 Å². The van der Waals surface area contributed by atoms with Crippen molar-refractivity contribution in [2.45, 2.75) is 51.4 Å². The van der Waals surface area contributed by atoms with E-state index < -0.39 is 35.6 Å². The summed E-state index contributed by atoms with van der Waals surface area (Å²) in [5, 5.41) is 9.36. The van der Waals surface area contributed by atoms with Crippen molar-refractivity contribution in [3.8, 4) is 0 Å². The average molecular weight is 374 g/mol. The fraction of sp³-hybridized carbons (Fsp3) is 0.588. The van der Waals surface area contributed by atoms with E-state index in [0.717, 1.165) is 17.2 Å². The van der Waals surface area contributed by atoms with Crippen LogP contribution in [0.15, 0.2) is 18.3 Å². The zero-order valence-corrected chi connectivity index (χ0v) is 14.7. The number of hydrogen-bond donors (Lipinski definition) is 1. The van der Waals surface area contributed by atoms with Crippen molar-refractivity contribution in [3.05, 3.63) is 29.6 Å². The molecule has 2 heterocycles. The number of pyridine rings is 1. The Kier molecular flexibility index (Phi) is 5.48. The van der Waals surface area contributed by atoms with E-state index in [2.05, 4.69) is 4.98 Å². The van der Waals surface area contributed by atoms with E-state index in [1.165, 1.54) is 6.07 Å². The number of carboxylic acid groups (broad SMARTS) is 1. The number of carbonyl (C=O) groups excluding carboxylic acids is 1. The fourth-order valence-electron chi connectivity index (χ4n) is 2.92. The topological polar surface area (TPSA) is 79.7 Å². The smallest absolute Gasteiger partial charge is 0.433 e. The predicted octanol–water partition coefficient (Wildman–Crippen LogP) is 3.35. The molecule has 0 bridgehead atoms. The Balaban J connectivity index is 2.12. The number of carbonyl (C=O) groups is 2. The van der Waals surface area contributed by atoms with E-state index in [0.29, 0.717) is 5.56 Å². The molecule has 0 aliphatic carbocycles. The second-order valence-electron chi connectivity index (χ2n) is 7.34. The van der Waals surface area contributed by atoms with Crippen LogP contribution in [-0.4, -0.2) is 45.2 Å². The van der Waals surface area contributed by atoms with Crippen LogP contribution in [0.3, 0.4) is 0 Å². The zero-order valence-electron chi connectivity index (χ0n) is 14.7. The minimum atomic E-state index is -4.54. The van der Waals surface area contributed by atoms with Crippen LogP contribution in [0.25, 0.3) is 0 Å². The van der Waals surface area contributed by atoms with Gasteiger partial charge in [-0.1, -0.05) is 0 Å². The van der Waals surface area contributed by atoms with Gasteiger partial charge < -0.3 is 9.84 Å². The van der Waals surface area contributed by atoms with Gasteiger partial charge in [-0.15, -0.1) is 0 Å². The van der Waals surface area contributed by atoms with Crippen LogP contribution in [0, 0.1) is 5.92 Å². The van der Waals surface area contributed by atoms with Crippen molar-refractivity contribution in [1.29, 1.82) is 0 Å². The van der Waals surface area contributed by atoms with Gasteiger partial charge in [0.1, 0.15) is 17.3 Å². The van der Waals surface area contributed by atoms with Crippen LogP contribution in [0.5, 0.6) is 0 Å². The summed E-state index contributed by atoms with van der Waals surface area (Å²) >= 11 is 0. The monoisotopic (exact) mass is 374 g/mol. The summed E-state index contributed by atoms with van der Waals surface area (Å²) in [4.78, 5) is 28.1. The largest absolute Gasteiger partial charge is 0.480 e. The van der Waals surface area contributed by atoms with Crippen LogP contribution >= 0.6 is 0 Å². The number of halogens is 3. The summed E-state index contributed by atoms with van der Waals surface area (Å²) < 4.78 is 43.5. The van der Waals surface area contributed by atoms with E-state index in [9.17, 15) is 27.9 Å². The lowest BCUT2D eigenvalue weighted by molar-refractivity contribution is -0.142. The summed E-state index contributed by atoms with van der Waals surface area (Å²) in [6.45, 7) is 5.12. The molecule has 1 aromatic heterocycles. The molecule has 144 valence electrons. The quantitative estimate of drug-likeness (QED) is 0.878. The van der Waals surface area contributed by atoms with E-state index >= 15 is 0 Å². The molecule has 9 heteroatoms. The van der Waals surface area contributed by atoms with Gasteiger partial charge in [0, 0.05) is 12.7 Å². The summed E-state index contributed by atoms with van der Waals surface area (Å²) in [5.74, 6) is -1.45. The fourth-order valence-corrected chi connectivity index (χ4v) is 2.92. The van der Waals surface area contributed by atoms with Gasteiger partial charge in [0.25, 0.3) is 0 Å². The number of aromatic nitrogens is 1.